The third-order valence-electron chi connectivity index (χ3n) is 6.70. The van der Waals surface area contributed by atoms with Crippen LogP contribution in [0.4, 0.5) is 5.69 Å². The highest BCUT2D eigenvalue weighted by Gasteiger charge is 2.23. The van der Waals surface area contributed by atoms with Crippen LogP contribution in [-0.2, 0) is 19.5 Å². The molecule has 0 saturated carbocycles. The molecule has 34 heavy (non-hydrogen) atoms. The SMILES string of the molecule is Cc1ccccc1N1CCc2ccccc2C(NCc2cncn2Cc2ccc(C#N)cc2)C1. The molecule has 0 saturated heterocycles. The minimum absolute atomic E-state index is 0.219. The molecule has 170 valence electrons. The molecule has 1 aliphatic rings. The fraction of sp³-hybridized carbons (Fsp3) is 0.241. The third kappa shape index (κ3) is 4.73. The number of fused-ring (bicyclic) bond motifs is 1. The number of aromatic nitrogens is 2. The van der Waals surface area contributed by atoms with Gasteiger partial charge in [-0.05, 0) is 53.8 Å². The number of imidazole rings is 1. The van der Waals surface area contributed by atoms with Gasteiger partial charge in [0.15, 0.2) is 0 Å². The highest BCUT2D eigenvalue weighted by molar-refractivity contribution is 5.54. The van der Waals surface area contributed by atoms with Gasteiger partial charge in [-0.3, -0.25) is 0 Å². The van der Waals surface area contributed by atoms with Crippen molar-refractivity contribution in [2.45, 2.75) is 32.5 Å². The molecule has 2 heterocycles. The Morgan fingerprint density at radius 3 is 2.65 bits per heavy atom. The monoisotopic (exact) mass is 447 g/mol. The molecule has 0 aliphatic carbocycles. The first-order valence-electron chi connectivity index (χ1n) is 11.8. The number of benzene rings is 3. The molecule has 5 rings (SSSR count). The van der Waals surface area contributed by atoms with E-state index in [-0.39, 0.29) is 6.04 Å². The van der Waals surface area contributed by atoms with Crippen molar-refractivity contribution in [1.82, 2.24) is 14.9 Å². The summed E-state index contributed by atoms with van der Waals surface area (Å²) < 4.78 is 2.18. The second kappa shape index (κ2) is 9.94. The van der Waals surface area contributed by atoms with Gasteiger partial charge >= 0.3 is 0 Å². The summed E-state index contributed by atoms with van der Waals surface area (Å²) in [7, 11) is 0. The minimum atomic E-state index is 0.219. The molecule has 0 bridgehead atoms. The lowest BCUT2D eigenvalue weighted by Gasteiger charge is -2.29. The minimum Gasteiger partial charge on any atom is -0.369 e. The van der Waals surface area contributed by atoms with Crippen molar-refractivity contribution in [1.29, 1.82) is 5.26 Å². The van der Waals surface area contributed by atoms with Gasteiger partial charge in [-0.2, -0.15) is 5.26 Å². The van der Waals surface area contributed by atoms with E-state index in [0.29, 0.717) is 5.56 Å². The van der Waals surface area contributed by atoms with Crippen LogP contribution in [0.5, 0.6) is 0 Å². The number of anilines is 1. The maximum Gasteiger partial charge on any atom is 0.0991 e. The molecule has 0 spiro atoms. The van der Waals surface area contributed by atoms with Crippen molar-refractivity contribution in [3.63, 3.8) is 0 Å². The third-order valence-corrected chi connectivity index (χ3v) is 6.70. The predicted molar refractivity (Wildman–Crippen MR) is 136 cm³/mol. The van der Waals surface area contributed by atoms with Gasteiger partial charge < -0.3 is 14.8 Å². The lowest BCUT2D eigenvalue weighted by Crippen LogP contribution is -2.35. The molecular weight excluding hydrogens is 418 g/mol. The first-order chi connectivity index (χ1) is 16.7. The first kappa shape index (κ1) is 21.9. The number of nitriles is 1. The zero-order valence-electron chi connectivity index (χ0n) is 19.5. The normalized spacial score (nSPS) is 15.4. The van der Waals surface area contributed by atoms with Crippen LogP contribution in [0, 0.1) is 18.3 Å². The summed E-state index contributed by atoms with van der Waals surface area (Å²) in [6, 6.07) is 27.6. The molecule has 1 unspecified atom stereocenters. The lowest BCUT2D eigenvalue weighted by atomic mass is 9.99. The summed E-state index contributed by atoms with van der Waals surface area (Å²) in [5, 5.41) is 12.9. The number of rotatable bonds is 6. The quantitative estimate of drug-likeness (QED) is 0.452. The van der Waals surface area contributed by atoms with Gasteiger partial charge in [0.2, 0.25) is 0 Å². The van der Waals surface area contributed by atoms with Crippen LogP contribution in [0.2, 0.25) is 0 Å². The average molecular weight is 448 g/mol. The van der Waals surface area contributed by atoms with Crippen molar-refractivity contribution in [2.24, 2.45) is 0 Å². The van der Waals surface area contributed by atoms with E-state index in [1.165, 1.54) is 22.4 Å². The predicted octanol–water partition coefficient (Wildman–Crippen LogP) is 5.01. The van der Waals surface area contributed by atoms with E-state index in [4.69, 9.17) is 5.26 Å². The Morgan fingerprint density at radius 1 is 1.03 bits per heavy atom. The number of para-hydroxylation sites is 1. The fourth-order valence-electron chi connectivity index (χ4n) is 4.83. The van der Waals surface area contributed by atoms with Crippen LogP contribution >= 0.6 is 0 Å². The number of hydrogen-bond donors (Lipinski definition) is 1. The van der Waals surface area contributed by atoms with E-state index in [1.807, 2.05) is 36.8 Å². The van der Waals surface area contributed by atoms with E-state index in [2.05, 4.69) is 81.3 Å². The molecule has 5 heteroatoms. The maximum atomic E-state index is 9.04. The van der Waals surface area contributed by atoms with E-state index >= 15 is 0 Å². The standard InChI is InChI=1S/C29H29N5/c1-22-6-2-5-9-29(22)33-15-14-25-7-3-4-8-27(25)28(20-33)32-18-26-17-31-21-34(26)19-24-12-10-23(16-30)11-13-24/h2-13,17,21,28,32H,14-15,18-20H2,1H3. The van der Waals surface area contributed by atoms with Crippen LogP contribution in [0.3, 0.4) is 0 Å². The fourth-order valence-corrected chi connectivity index (χ4v) is 4.83. The summed E-state index contributed by atoms with van der Waals surface area (Å²) in [4.78, 5) is 6.93. The Morgan fingerprint density at radius 2 is 1.82 bits per heavy atom. The van der Waals surface area contributed by atoms with Crippen molar-refractivity contribution in [3.8, 4) is 6.07 Å². The highest BCUT2D eigenvalue weighted by atomic mass is 15.2. The van der Waals surface area contributed by atoms with Gasteiger partial charge in [0.25, 0.3) is 0 Å². The first-order valence-corrected chi connectivity index (χ1v) is 11.8. The lowest BCUT2D eigenvalue weighted by molar-refractivity contribution is 0.516. The Labute approximate surface area is 201 Å². The van der Waals surface area contributed by atoms with Gasteiger partial charge in [0.05, 0.1) is 29.7 Å². The largest absolute Gasteiger partial charge is 0.369 e. The Balaban J connectivity index is 1.35. The van der Waals surface area contributed by atoms with Crippen molar-refractivity contribution in [3.05, 3.63) is 119 Å². The van der Waals surface area contributed by atoms with E-state index < -0.39 is 0 Å². The van der Waals surface area contributed by atoms with Gasteiger partial charge in [0, 0.05) is 38.1 Å². The molecule has 0 fully saturated rings. The maximum absolute atomic E-state index is 9.04. The molecule has 1 atom stereocenters. The molecule has 3 aromatic carbocycles. The zero-order chi connectivity index (χ0) is 23.3. The topological polar surface area (TPSA) is 56.9 Å². The summed E-state index contributed by atoms with van der Waals surface area (Å²) in [5.74, 6) is 0. The number of nitrogens with one attached hydrogen (secondary N) is 1. The summed E-state index contributed by atoms with van der Waals surface area (Å²) in [6.45, 7) is 5.59. The molecule has 0 amide bonds. The van der Waals surface area contributed by atoms with Crippen LogP contribution < -0.4 is 10.2 Å². The van der Waals surface area contributed by atoms with Gasteiger partial charge in [-0.15, -0.1) is 0 Å². The molecule has 1 aromatic heterocycles. The zero-order valence-corrected chi connectivity index (χ0v) is 19.5. The highest BCUT2D eigenvalue weighted by Crippen LogP contribution is 2.29. The van der Waals surface area contributed by atoms with Crippen LogP contribution in [0.25, 0.3) is 0 Å². The number of nitrogens with zero attached hydrogens (tertiary/aromatic N) is 4. The summed E-state index contributed by atoms with van der Waals surface area (Å²) >= 11 is 0. The molecular formula is C29H29N5. The van der Waals surface area contributed by atoms with Gasteiger partial charge in [-0.25, -0.2) is 4.98 Å². The van der Waals surface area contributed by atoms with Crippen LogP contribution in [0.1, 0.15) is 39.6 Å². The smallest absolute Gasteiger partial charge is 0.0991 e. The van der Waals surface area contributed by atoms with Crippen molar-refractivity contribution >= 4 is 5.69 Å². The van der Waals surface area contributed by atoms with Gasteiger partial charge in [0.1, 0.15) is 0 Å². The molecule has 4 aromatic rings. The van der Waals surface area contributed by atoms with Crippen molar-refractivity contribution in [2.75, 3.05) is 18.0 Å². The van der Waals surface area contributed by atoms with E-state index in [0.717, 1.165) is 43.9 Å². The molecule has 5 nitrogen and oxygen atoms in total. The van der Waals surface area contributed by atoms with E-state index in [1.54, 1.807) is 0 Å². The summed E-state index contributed by atoms with van der Waals surface area (Å²) in [6.07, 6.45) is 4.87. The molecule has 0 radical (unpaired) electrons. The average Bonchev–Trinajstić information content (AvgIpc) is 3.23. The second-order valence-electron chi connectivity index (χ2n) is 8.94. The molecule has 1 N–H and O–H groups in total. The Hall–Kier alpha value is -3.88. The van der Waals surface area contributed by atoms with E-state index in [9.17, 15) is 0 Å². The Kier molecular flexibility index (Phi) is 6.42. The van der Waals surface area contributed by atoms with Crippen LogP contribution in [0.15, 0.2) is 85.3 Å². The van der Waals surface area contributed by atoms with Crippen LogP contribution in [-0.4, -0.2) is 22.6 Å². The summed E-state index contributed by atoms with van der Waals surface area (Å²) in [5.41, 5.74) is 8.42. The number of hydrogen-bond acceptors (Lipinski definition) is 4. The second-order valence-corrected chi connectivity index (χ2v) is 8.94. The Bertz CT molecular complexity index is 1300. The van der Waals surface area contributed by atoms with Crippen molar-refractivity contribution < 1.29 is 0 Å². The number of aryl methyl sites for hydroxylation is 1. The van der Waals surface area contributed by atoms with Gasteiger partial charge in [-0.1, -0.05) is 54.6 Å². The molecule has 1 aliphatic heterocycles.